The van der Waals surface area contributed by atoms with Crippen LogP contribution in [0.3, 0.4) is 0 Å². The third-order valence-corrected chi connectivity index (χ3v) is 3.75. The highest BCUT2D eigenvalue weighted by molar-refractivity contribution is 5.85. The molecule has 2 rings (SSSR count). The predicted octanol–water partition coefficient (Wildman–Crippen LogP) is 2.03. The molecule has 1 unspecified atom stereocenters. The van der Waals surface area contributed by atoms with Gasteiger partial charge in [0.1, 0.15) is 12.2 Å². The first-order valence-corrected chi connectivity index (χ1v) is 7.68. The molecule has 1 saturated heterocycles. The molecule has 130 valence electrons. The number of benzene rings is 1. The Kier molecular flexibility index (Phi) is 8.30. The van der Waals surface area contributed by atoms with Gasteiger partial charge in [-0.15, -0.1) is 12.4 Å². The summed E-state index contributed by atoms with van der Waals surface area (Å²) in [7, 11) is 0. The number of rotatable bonds is 7. The van der Waals surface area contributed by atoms with Crippen LogP contribution in [0, 0.1) is 5.82 Å². The molecule has 0 saturated carbocycles. The zero-order valence-corrected chi connectivity index (χ0v) is 14.0. The van der Waals surface area contributed by atoms with E-state index in [2.05, 4.69) is 5.32 Å². The monoisotopic (exact) mass is 346 g/mol. The van der Waals surface area contributed by atoms with E-state index in [9.17, 15) is 9.18 Å². The molecule has 1 heterocycles. The molecule has 23 heavy (non-hydrogen) atoms. The summed E-state index contributed by atoms with van der Waals surface area (Å²) in [4.78, 5) is 12.0. The zero-order valence-electron chi connectivity index (χ0n) is 13.2. The van der Waals surface area contributed by atoms with E-state index in [0.29, 0.717) is 25.9 Å². The number of ether oxygens (including phenoxy) is 2. The number of hydrogen-bond donors (Lipinski definition) is 2. The first kappa shape index (κ1) is 19.7. The van der Waals surface area contributed by atoms with E-state index in [1.807, 2.05) is 6.92 Å². The van der Waals surface area contributed by atoms with E-state index in [1.54, 1.807) is 18.2 Å². The maximum atomic E-state index is 13.6. The summed E-state index contributed by atoms with van der Waals surface area (Å²) in [6, 6.07) is 6.24. The number of halogens is 2. The fourth-order valence-corrected chi connectivity index (χ4v) is 2.39. The molecule has 3 atom stereocenters. The van der Waals surface area contributed by atoms with Gasteiger partial charge in [-0.2, -0.15) is 0 Å². The van der Waals surface area contributed by atoms with Crippen molar-refractivity contribution in [3.05, 3.63) is 30.1 Å². The van der Waals surface area contributed by atoms with Crippen molar-refractivity contribution in [3.63, 3.8) is 0 Å². The maximum Gasteiger partial charge on any atom is 0.249 e. The molecular formula is C16H24ClFN2O3. The van der Waals surface area contributed by atoms with E-state index < -0.39 is 11.9 Å². The van der Waals surface area contributed by atoms with Crippen molar-refractivity contribution in [1.82, 2.24) is 5.32 Å². The van der Waals surface area contributed by atoms with Crippen LogP contribution < -0.4 is 15.8 Å². The minimum Gasteiger partial charge on any atom is -0.486 e. The van der Waals surface area contributed by atoms with Crippen molar-refractivity contribution in [2.24, 2.45) is 5.73 Å². The Morgan fingerprint density at radius 2 is 2.22 bits per heavy atom. The second kappa shape index (κ2) is 9.70. The lowest BCUT2D eigenvalue weighted by atomic mass is 10.2. The van der Waals surface area contributed by atoms with Crippen LogP contribution in [-0.2, 0) is 9.53 Å². The van der Waals surface area contributed by atoms with Crippen molar-refractivity contribution < 1.29 is 18.7 Å². The molecule has 0 bridgehead atoms. The van der Waals surface area contributed by atoms with Gasteiger partial charge in [0.15, 0.2) is 11.6 Å². The summed E-state index contributed by atoms with van der Waals surface area (Å²) in [6.45, 7) is 2.67. The topological polar surface area (TPSA) is 73.6 Å². The Labute approximate surface area is 142 Å². The quantitative estimate of drug-likeness (QED) is 0.792. The van der Waals surface area contributed by atoms with Crippen LogP contribution in [0.4, 0.5) is 4.39 Å². The summed E-state index contributed by atoms with van der Waals surface area (Å²) < 4.78 is 24.7. The van der Waals surface area contributed by atoms with E-state index >= 15 is 0 Å². The van der Waals surface area contributed by atoms with Gasteiger partial charge in [-0.05, 0) is 31.4 Å². The molecule has 1 aromatic carbocycles. The normalized spacial score (nSPS) is 21.3. The Morgan fingerprint density at radius 1 is 1.48 bits per heavy atom. The second-order valence-electron chi connectivity index (χ2n) is 5.38. The minimum atomic E-state index is -0.445. The fraction of sp³-hybridized carbons (Fsp3) is 0.562. The Hall–Kier alpha value is -1.37. The van der Waals surface area contributed by atoms with Crippen LogP contribution in [0.1, 0.15) is 26.2 Å². The van der Waals surface area contributed by atoms with Gasteiger partial charge in [0.25, 0.3) is 0 Å². The number of amides is 1. The Bertz CT molecular complexity index is 504. The molecule has 3 N–H and O–H groups in total. The molecule has 7 heteroatoms. The van der Waals surface area contributed by atoms with Crippen molar-refractivity contribution in [2.75, 3.05) is 13.1 Å². The standard InChI is InChI=1S/C16H23FN2O3.ClH/c1-2-11(21-14-6-4-3-5-13(14)17)10-19-16(20)15-8-7-12(9-18)22-15;/h3-6,11-12,15H,2,7-10,18H2,1H3,(H,19,20);1H/t11?,12-,15+;/m1./s1. The number of nitrogens with one attached hydrogen (secondary N) is 1. The number of hydrogen-bond acceptors (Lipinski definition) is 4. The molecule has 1 fully saturated rings. The minimum absolute atomic E-state index is 0. The largest absolute Gasteiger partial charge is 0.486 e. The van der Waals surface area contributed by atoms with E-state index in [4.69, 9.17) is 15.2 Å². The smallest absolute Gasteiger partial charge is 0.249 e. The van der Waals surface area contributed by atoms with Crippen molar-refractivity contribution in [3.8, 4) is 5.75 Å². The lowest BCUT2D eigenvalue weighted by Crippen LogP contribution is -2.41. The van der Waals surface area contributed by atoms with Crippen LogP contribution in [0.15, 0.2) is 24.3 Å². The average Bonchev–Trinajstić information content (AvgIpc) is 3.02. The first-order chi connectivity index (χ1) is 10.6. The molecule has 5 nitrogen and oxygen atoms in total. The zero-order chi connectivity index (χ0) is 15.9. The van der Waals surface area contributed by atoms with Gasteiger partial charge in [-0.25, -0.2) is 4.39 Å². The summed E-state index contributed by atoms with van der Waals surface area (Å²) in [5.41, 5.74) is 5.53. The van der Waals surface area contributed by atoms with Gasteiger partial charge in [-0.3, -0.25) is 4.79 Å². The van der Waals surface area contributed by atoms with Gasteiger partial charge in [0.2, 0.25) is 5.91 Å². The maximum absolute atomic E-state index is 13.6. The highest BCUT2D eigenvalue weighted by Gasteiger charge is 2.30. The number of carbonyl (C=O) groups excluding carboxylic acids is 1. The molecule has 1 aliphatic rings. The van der Waals surface area contributed by atoms with Gasteiger partial charge in [0, 0.05) is 6.54 Å². The van der Waals surface area contributed by atoms with Gasteiger partial charge in [0.05, 0.1) is 12.6 Å². The molecule has 1 amide bonds. The third-order valence-electron chi connectivity index (χ3n) is 3.75. The van der Waals surface area contributed by atoms with E-state index in [-0.39, 0.29) is 36.3 Å². The van der Waals surface area contributed by atoms with Crippen LogP contribution in [0.25, 0.3) is 0 Å². The van der Waals surface area contributed by atoms with Gasteiger partial charge >= 0.3 is 0 Å². The lowest BCUT2D eigenvalue weighted by Gasteiger charge is -2.20. The van der Waals surface area contributed by atoms with Crippen LogP contribution >= 0.6 is 12.4 Å². The average molecular weight is 347 g/mol. The van der Waals surface area contributed by atoms with E-state index in [1.165, 1.54) is 6.07 Å². The fourth-order valence-electron chi connectivity index (χ4n) is 2.39. The SMILES string of the molecule is CCC(CNC(=O)[C@@H]1CC[C@H](CN)O1)Oc1ccccc1F.Cl. The van der Waals surface area contributed by atoms with Gasteiger partial charge < -0.3 is 20.5 Å². The molecule has 0 spiro atoms. The predicted molar refractivity (Wildman–Crippen MR) is 88.3 cm³/mol. The van der Waals surface area contributed by atoms with E-state index in [0.717, 1.165) is 6.42 Å². The van der Waals surface area contributed by atoms with Crippen LogP contribution in [0.2, 0.25) is 0 Å². The molecule has 0 aliphatic carbocycles. The Morgan fingerprint density at radius 3 is 2.83 bits per heavy atom. The molecule has 0 radical (unpaired) electrons. The number of nitrogens with two attached hydrogens (primary N) is 1. The molecule has 1 aromatic rings. The lowest BCUT2D eigenvalue weighted by molar-refractivity contribution is -0.132. The van der Waals surface area contributed by atoms with Crippen molar-refractivity contribution in [1.29, 1.82) is 0 Å². The number of para-hydroxylation sites is 1. The summed E-state index contributed by atoms with van der Waals surface area (Å²) in [6.07, 6.45) is 1.38. The Balaban J connectivity index is 0.00000264. The molecule has 0 aromatic heterocycles. The van der Waals surface area contributed by atoms with Crippen molar-refractivity contribution in [2.45, 2.75) is 44.5 Å². The highest BCUT2D eigenvalue weighted by Crippen LogP contribution is 2.20. The second-order valence-corrected chi connectivity index (χ2v) is 5.38. The summed E-state index contributed by atoms with van der Waals surface area (Å²) >= 11 is 0. The summed E-state index contributed by atoms with van der Waals surface area (Å²) in [5.74, 6) is -0.368. The van der Waals surface area contributed by atoms with Crippen molar-refractivity contribution >= 4 is 18.3 Å². The summed E-state index contributed by atoms with van der Waals surface area (Å²) in [5, 5.41) is 2.81. The van der Waals surface area contributed by atoms with Crippen LogP contribution in [0.5, 0.6) is 5.75 Å². The number of carbonyl (C=O) groups is 1. The van der Waals surface area contributed by atoms with Gasteiger partial charge in [-0.1, -0.05) is 19.1 Å². The molecular weight excluding hydrogens is 323 g/mol. The first-order valence-electron chi connectivity index (χ1n) is 7.68. The van der Waals surface area contributed by atoms with Crippen LogP contribution in [-0.4, -0.2) is 37.3 Å². The third kappa shape index (κ3) is 5.64. The highest BCUT2D eigenvalue weighted by atomic mass is 35.5. The molecule has 1 aliphatic heterocycles.